The number of rotatable bonds is 5. The fraction of sp³-hybridized carbons (Fsp3) is 0.423. The molecule has 2 aromatic carbocycles. The van der Waals surface area contributed by atoms with Gasteiger partial charge in [0.15, 0.2) is 16.9 Å². The molecule has 2 fully saturated rings. The second kappa shape index (κ2) is 11.1. The van der Waals surface area contributed by atoms with Crippen molar-refractivity contribution in [2.45, 2.75) is 61.2 Å². The summed E-state index contributed by atoms with van der Waals surface area (Å²) in [7, 11) is 0. The van der Waals surface area contributed by atoms with Gasteiger partial charge in [-0.2, -0.15) is 0 Å². The van der Waals surface area contributed by atoms with Crippen molar-refractivity contribution in [3.8, 4) is 34.3 Å². The van der Waals surface area contributed by atoms with Gasteiger partial charge in [0.05, 0.1) is 6.61 Å². The maximum absolute atomic E-state index is 12.7. The first-order chi connectivity index (χ1) is 19.4. The van der Waals surface area contributed by atoms with Crippen molar-refractivity contribution < 1.29 is 69.7 Å². The highest BCUT2D eigenvalue weighted by Gasteiger charge is 2.54. The van der Waals surface area contributed by atoms with E-state index < -0.39 is 90.5 Å². The lowest BCUT2D eigenvalue weighted by atomic mass is 9.87. The molecule has 10 unspecified atom stereocenters. The Balaban J connectivity index is 1.46. The highest BCUT2D eigenvalue weighted by Crippen LogP contribution is 2.36. The van der Waals surface area contributed by atoms with Gasteiger partial charge in [0, 0.05) is 23.8 Å². The first-order valence-corrected chi connectivity index (χ1v) is 12.4. The fourth-order valence-electron chi connectivity index (χ4n) is 4.91. The molecule has 0 radical (unpaired) electrons. The van der Waals surface area contributed by atoms with Gasteiger partial charge in [-0.1, -0.05) is 0 Å². The summed E-state index contributed by atoms with van der Waals surface area (Å²) < 4.78 is 22.4. The number of aliphatic hydroxyl groups is 7. The van der Waals surface area contributed by atoms with E-state index in [2.05, 4.69) is 0 Å². The third-order valence-corrected chi connectivity index (χ3v) is 7.16. The Morgan fingerprint density at radius 2 is 1.37 bits per heavy atom. The average Bonchev–Trinajstić information content (AvgIpc) is 2.93. The summed E-state index contributed by atoms with van der Waals surface area (Å²) in [4.78, 5) is 12.7. The van der Waals surface area contributed by atoms with E-state index >= 15 is 0 Å². The average molecular weight is 580 g/mol. The molecule has 1 aromatic heterocycles. The summed E-state index contributed by atoms with van der Waals surface area (Å²) in [5.41, 5.74) is -0.630. The van der Waals surface area contributed by atoms with Crippen LogP contribution < -0.4 is 10.2 Å². The van der Waals surface area contributed by atoms with Crippen LogP contribution in [0.1, 0.15) is 0 Å². The van der Waals surface area contributed by atoms with E-state index in [4.69, 9.17) is 18.6 Å². The Morgan fingerprint density at radius 1 is 0.707 bits per heavy atom. The molecule has 10 atom stereocenters. The van der Waals surface area contributed by atoms with Crippen molar-refractivity contribution in [2.24, 2.45) is 0 Å². The number of ether oxygens (including phenoxy) is 3. The Bertz CT molecular complexity index is 1470. The van der Waals surface area contributed by atoms with Gasteiger partial charge < -0.3 is 69.7 Å². The van der Waals surface area contributed by atoms with Gasteiger partial charge in [0.25, 0.3) is 0 Å². The summed E-state index contributed by atoms with van der Waals surface area (Å²) in [6, 6.07) is 6.93. The Kier molecular flexibility index (Phi) is 7.82. The summed E-state index contributed by atoms with van der Waals surface area (Å²) in [6.45, 7) is -0.761. The molecule has 0 bridgehead atoms. The van der Waals surface area contributed by atoms with Crippen molar-refractivity contribution in [1.29, 1.82) is 0 Å². The van der Waals surface area contributed by atoms with Crippen LogP contribution in [-0.4, -0.2) is 119 Å². The number of aliphatic hydroxyl groups excluding tert-OH is 7. The van der Waals surface area contributed by atoms with E-state index in [0.717, 1.165) is 24.3 Å². The molecular formula is C26H28O15. The number of hydrogen-bond acceptors (Lipinski definition) is 15. The van der Waals surface area contributed by atoms with Crippen LogP contribution in [0.4, 0.5) is 0 Å². The monoisotopic (exact) mass is 580 g/mol. The van der Waals surface area contributed by atoms with Crippen LogP contribution >= 0.6 is 0 Å². The lowest BCUT2D eigenvalue weighted by Crippen LogP contribution is -2.68. The van der Waals surface area contributed by atoms with Crippen molar-refractivity contribution in [2.75, 3.05) is 6.61 Å². The van der Waals surface area contributed by atoms with Crippen molar-refractivity contribution in [1.82, 2.24) is 0 Å². The van der Waals surface area contributed by atoms with E-state index in [1.807, 2.05) is 0 Å². The molecule has 10 N–H and O–H groups in total. The van der Waals surface area contributed by atoms with E-state index in [1.54, 1.807) is 0 Å². The fourth-order valence-corrected chi connectivity index (χ4v) is 4.91. The molecule has 3 heterocycles. The van der Waals surface area contributed by atoms with Crippen LogP contribution in [-0.2, 0) is 9.47 Å². The number of aromatic hydroxyl groups is 3. The molecule has 0 aliphatic carbocycles. The molecule has 3 aromatic rings. The zero-order valence-corrected chi connectivity index (χ0v) is 21.0. The smallest absolute Gasteiger partial charge is 0.229 e. The number of phenolic OH excluding ortho intramolecular Hbond substituents is 3. The van der Waals surface area contributed by atoms with E-state index in [-0.39, 0.29) is 28.0 Å². The normalized spacial score (nSPS) is 34.0. The predicted molar refractivity (Wildman–Crippen MR) is 134 cm³/mol. The van der Waals surface area contributed by atoms with Crippen LogP contribution in [0.5, 0.6) is 23.0 Å². The minimum atomic E-state index is -1.92. The standard InChI is InChI=1S/C26H28O15/c27-7-16-18(32)19(33)21(35)24(40-16)25-22(36)20(34)23(37)26(41-25)38-9-4-12(30)17-13(31)6-14(39-15(17)5-9)8-1-2-10(28)11(29)3-8/h1-6,16,18-30,32-37H,7H2. The number of benzene rings is 2. The lowest BCUT2D eigenvalue weighted by Gasteiger charge is -2.48. The topological polar surface area (TPSA) is 260 Å². The lowest BCUT2D eigenvalue weighted by molar-refractivity contribution is -0.323. The highest BCUT2D eigenvalue weighted by atomic mass is 16.7. The van der Waals surface area contributed by atoms with Crippen LogP contribution in [0, 0.1) is 0 Å². The van der Waals surface area contributed by atoms with Crippen molar-refractivity contribution in [3.05, 3.63) is 46.6 Å². The van der Waals surface area contributed by atoms with Gasteiger partial charge in [0.1, 0.15) is 83.2 Å². The number of hydrogen-bond donors (Lipinski definition) is 10. The largest absolute Gasteiger partial charge is 0.507 e. The zero-order chi connectivity index (χ0) is 29.7. The molecule has 2 saturated heterocycles. The van der Waals surface area contributed by atoms with Gasteiger partial charge >= 0.3 is 0 Å². The Hall–Kier alpha value is -3.51. The zero-order valence-electron chi connectivity index (χ0n) is 21.0. The molecule has 5 rings (SSSR count). The van der Waals surface area contributed by atoms with E-state index in [0.29, 0.717) is 0 Å². The van der Waals surface area contributed by atoms with Crippen LogP contribution in [0.2, 0.25) is 0 Å². The second-order valence-electron chi connectivity index (χ2n) is 9.85. The maximum Gasteiger partial charge on any atom is 0.229 e. The van der Waals surface area contributed by atoms with Gasteiger partial charge in [-0.15, -0.1) is 0 Å². The molecule has 0 saturated carbocycles. The van der Waals surface area contributed by atoms with Crippen molar-refractivity contribution >= 4 is 11.0 Å². The second-order valence-corrected chi connectivity index (χ2v) is 9.85. The third kappa shape index (κ3) is 5.19. The van der Waals surface area contributed by atoms with Gasteiger partial charge in [-0.3, -0.25) is 4.79 Å². The van der Waals surface area contributed by atoms with Crippen molar-refractivity contribution in [3.63, 3.8) is 0 Å². The molecule has 15 nitrogen and oxygen atoms in total. The summed E-state index contributed by atoms with van der Waals surface area (Å²) in [6.07, 6.45) is -17.4. The maximum atomic E-state index is 12.7. The minimum Gasteiger partial charge on any atom is -0.507 e. The molecule has 0 spiro atoms. The van der Waals surface area contributed by atoms with E-state index in [9.17, 15) is 55.9 Å². The molecule has 2 aliphatic rings. The molecular weight excluding hydrogens is 552 g/mol. The van der Waals surface area contributed by atoms with Gasteiger partial charge in [0.2, 0.25) is 6.29 Å². The first-order valence-electron chi connectivity index (χ1n) is 12.4. The first kappa shape index (κ1) is 29.0. The quantitative estimate of drug-likeness (QED) is 0.141. The highest BCUT2D eigenvalue weighted by molar-refractivity contribution is 5.86. The van der Waals surface area contributed by atoms with Gasteiger partial charge in [-0.25, -0.2) is 0 Å². The predicted octanol–water partition coefficient (Wildman–Crippen LogP) is -2.39. The summed E-state index contributed by atoms with van der Waals surface area (Å²) in [5.74, 6) is -1.72. The SMILES string of the molecule is O=c1cc(-c2ccc(O)c(O)c2)oc2cc(OC3OC(C4OC(CO)C(O)C(O)C4O)C(O)C(O)C3O)cc(O)c12. The molecule has 41 heavy (non-hydrogen) atoms. The summed E-state index contributed by atoms with van der Waals surface area (Å²) in [5, 5.41) is 101. The molecule has 222 valence electrons. The number of fused-ring (bicyclic) bond motifs is 1. The minimum absolute atomic E-state index is 0.0375. The number of phenols is 3. The van der Waals surface area contributed by atoms with Crippen LogP contribution in [0.3, 0.4) is 0 Å². The summed E-state index contributed by atoms with van der Waals surface area (Å²) >= 11 is 0. The molecule has 2 aliphatic heterocycles. The van der Waals surface area contributed by atoms with Crippen LogP contribution in [0.15, 0.2) is 45.6 Å². The molecule has 0 amide bonds. The Morgan fingerprint density at radius 3 is 2.02 bits per heavy atom. The molecule has 15 heteroatoms. The van der Waals surface area contributed by atoms with Crippen LogP contribution in [0.25, 0.3) is 22.3 Å². The Labute approximate surface area is 229 Å². The van der Waals surface area contributed by atoms with E-state index in [1.165, 1.54) is 12.1 Å². The van der Waals surface area contributed by atoms with Gasteiger partial charge in [-0.05, 0) is 18.2 Å². The third-order valence-electron chi connectivity index (χ3n) is 7.16.